The van der Waals surface area contributed by atoms with Crippen LogP contribution in [-0.2, 0) is 5.41 Å². The molecule has 78 valence electrons. The lowest BCUT2D eigenvalue weighted by molar-refractivity contribution is 0.738. The molecule has 1 atom stereocenters. The second-order valence-corrected chi connectivity index (χ2v) is 4.49. The Hall–Kier alpha value is -1.82. The van der Waals surface area contributed by atoms with Gasteiger partial charge in [-0.2, -0.15) is 0 Å². The fourth-order valence-corrected chi connectivity index (χ4v) is 2.50. The van der Waals surface area contributed by atoms with E-state index in [0.717, 1.165) is 0 Å². The number of fused-ring (bicyclic) bond motifs is 1. The Morgan fingerprint density at radius 3 is 2.31 bits per heavy atom. The number of allylic oxidation sites excluding steroid dienone is 1. The maximum absolute atomic E-state index is 2.30. The van der Waals surface area contributed by atoms with Gasteiger partial charge in [0.15, 0.2) is 0 Å². The summed E-state index contributed by atoms with van der Waals surface area (Å²) in [5.41, 5.74) is 4.14. The molecular formula is C16H14. The highest BCUT2D eigenvalue weighted by Gasteiger charge is 2.30. The molecule has 0 nitrogen and oxygen atoms in total. The number of benzene rings is 2. The van der Waals surface area contributed by atoms with E-state index in [1.165, 1.54) is 16.7 Å². The van der Waals surface area contributed by atoms with Crippen molar-refractivity contribution in [1.29, 1.82) is 0 Å². The maximum Gasteiger partial charge on any atom is 0.0362 e. The van der Waals surface area contributed by atoms with E-state index < -0.39 is 0 Å². The zero-order chi connectivity index (χ0) is 11.0. The average Bonchev–Trinajstić information content (AvgIpc) is 2.71. The molecule has 0 aromatic heterocycles. The van der Waals surface area contributed by atoms with Crippen LogP contribution in [0.25, 0.3) is 6.08 Å². The van der Waals surface area contributed by atoms with Gasteiger partial charge in [0.05, 0.1) is 0 Å². The van der Waals surface area contributed by atoms with E-state index in [1.54, 1.807) is 0 Å². The Kier molecular flexibility index (Phi) is 1.97. The highest BCUT2D eigenvalue weighted by atomic mass is 14.3. The predicted octanol–water partition coefficient (Wildman–Crippen LogP) is 4.02. The minimum Gasteiger partial charge on any atom is -0.0692 e. The van der Waals surface area contributed by atoms with Gasteiger partial charge in [0.2, 0.25) is 0 Å². The molecule has 0 N–H and O–H groups in total. The van der Waals surface area contributed by atoms with Crippen LogP contribution >= 0.6 is 0 Å². The van der Waals surface area contributed by atoms with Crippen molar-refractivity contribution < 1.29 is 0 Å². The molecule has 0 saturated carbocycles. The van der Waals surface area contributed by atoms with E-state index in [4.69, 9.17) is 0 Å². The van der Waals surface area contributed by atoms with Crippen LogP contribution in [0.15, 0.2) is 60.7 Å². The zero-order valence-electron chi connectivity index (χ0n) is 9.35. The van der Waals surface area contributed by atoms with Gasteiger partial charge in [-0.1, -0.05) is 66.7 Å². The van der Waals surface area contributed by atoms with E-state index >= 15 is 0 Å². The van der Waals surface area contributed by atoms with Crippen molar-refractivity contribution in [2.75, 3.05) is 0 Å². The number of rotatable bonds is 1. The molecule has 0 saturated heterocycles. The quantitative estimate of drug-likeness (QED) is 0.661. The summed E-state index contributed by atoms with van der Waals surface area (Å²) in [4.78, 5) is 0. The smallest absolute Gasteiger partial charge is 0.0362 e. The molecule has 1 aliphatic rings. The van der Waals surface area contributed by atoms with Crippen molar-refractivity contribution in [2.45, 2.75) is 12.3 Å². The summed E-state index contributed by atoms with van der Waals surface area (Å²) in [5.74, 6) is 0. The zero-order valence-corrected chi connectivity index (χ0v) is 9.35. The minimum absolute atomic E-state index is 0.0395. The fourth-order valence-electron chi connectivity index (χ4n) is 2.50. The monoisotopic (exact) mass is 206 g/mol. The van der Waals surface area contributed by atoms with Gasteiger partial charge in [0.25, 0.3) is 0 Å². The highest BCUT2D eigenvalue weighted by molar-refractivity contribution is 5.68. The van der Waals surface area contributed by atoms with Crippen LogP contribution in [0.4, 0.5) is 0 Å². The van der Waals surface area contributed by atoms with Crippen LogP contribution < -0.4 is 0 Å². The number of hydrogen-bond donors (Lipinski definition) is 0. The van der Waals surface area contributed by atoms with Crippen LogP contribution in [0.2, 0.25) is 0 Å². The van der Waals surface area contributed by atoms with Gasteiger partial charge in [-0.3, -0.25) is 0 Å². The Bertz CT molecular complexity index is 537. The van der Waals surface area contributed by atoms with Crippen molar-refractivity contribution in [3.05, 3.63) is 77.4 Å². The molecule has 16 heavy (non-hydrogen) atoms. The normalized spacial score (nSPS) is 22.1. The Morgan fingerprint density at radius 2 is 1.50 bits per heavy atom. The lowest BCUT2D eigenvalue weighted by Crippen LogP contribution is -2.18. The van der Waals surface area contributed by atoms with Crippen molar-refractivity contribution in [3.63, 3.8) is 0 Å². The van der Waals surface area contributed by atoms with Gasteiger partial charge in [-0.05, 0) is 23.6 Å². The van der Waals surface area contributed by atoms with Crippen molar-refractivity contribution in [2.24, 2.45) is 0 Å². The summed E-state index contributed by atoms with van der Waals surface area (Å²) in [7, 11) is 0. The van der Waals surface area contributed by atoms with E-state index in [-0.39, 0.29) is 5.41 Å². The van der Waals surface area contributed by atoms with Crippen LogP contribution in [0.1, 0.15) is 23.6 Å². The van der Waals surface area contributed by atoms with Crippen LogP contribution in [0, 0.1) is 0 Å². The van der Waals surface area contributed by atoms with Crippen LogP contribution in [-0.4, -0.2) is 0 Å². The minimum atomic E-state index is 0.0395. The summed E-state index contributed by atoms with van der Waals surface area (Å²) in [6.07, 6.45) is 4.52. The van der Waals surface area contributed by atoms with Crippen molar-refractivity contribution >= 4 is 6.08 Å². The standard InChI is InChI=1S/C16H14/c1-16(14-8-3-2-4-9-14)12-11-13-7-5-6-10-15(13)16/h2-12H,1H3/t16-/m0/s1. The van der Waals surface area contributed by atoms with Gasteiger partial charge in [-0.25, -0.2) is 0 Å². The highest BCUT2D eigenvalue weighted by Crippen LogP contribution is 2.40. The van der Waals surface area contributed by atoms with E-state index in [9.17, 15) is 0 Å². The predicted molar refractivity (Wildman–Crippen MR) is 68.4 cm³/mol. The molecule has 0 fully saturated rings. The first kappa shape index (κ1) is 9.41. The third-order valence-electron chi connectivity index (χ3n) is 3.49. The Morgan fingerprint density at radius 1 is 0.812 bits per heavy atom. The molecule has 0 aliphatic heterocycles. The van der Waals surface area contributed by atoms with Crippen molar-refractivity contribution in [1.82, 2.24) is 0 Å². The molecule has 2 aromatic carbocycles. The van der Waals surface area contributed by atoms with Gasteiger partial charge >= 0.3 is 0 Å². The fraction of sp³-hybridized carbons (Fsp3) is 0.125. The Balaban J connectivity index is 2.19. The van der Waals surface area contributed by atoms with Gasteiger partial charge in [0.1, 0.15) is 0 Å². The molecule has 0 radical (unpaired) electrons. The largest absolute Gasteiger partial charge is 0.0692 e. The van der Waals surface area contributed by atoms with Gasteiger partial charge in [-0.15, -0.1) is 0 Å². The first-order valence-electron chi connectivity index (χ1n) is 5.65. The summed E-state index contributed by atoms with van der Waals surface area (Å²) in [6, 6.07) is 19.3. The average molecular weight is 206 g/mol. The van der Waals surface area contributed by atoms with Crippen molar-refractivity contribution in [3.8, 4) is 0 Å². The Labute approximate surface area is 96.3 Å². The number of hydrogen-bond acceptors (Lipinski definition) is 0. The van der Waals surface area contributed by atoms with Gasteiger partial charge in [0, 0.05) is 5.41 Å². The molecule has 0 amide bonds. The first-order valence-corrected chi connectivity index (χ1v) is 5.65. The second kappa shape index (κ2) is 3.34. The molecular weight excluding hydrogens is 192 g/mol. The topological polar surface area (TPSA) is 0 Å². The summed E-state index contributed by atoms with van der Waals surface area (Å²) >= 11 is 0. The van der Waals surface area contributed by atoms with E-state index in [1.807, 2.05) is 0 Å². The van der Waals surface area contributed by atoms with E-state index in [2.05, 4.69) is 73.7 Å². The molecule has 0 unspecified atom stereocenters. The summed E-state index contributed by atoms with van der Waals surface area (Å²) in [6.45, 7) is 2.28. The van der Waals surface area contributed by atoms with Gasteiger partial charge < -0.3 is 0 Å². The molecule has 0 spiro atoms. The second-order valence-electron chi connectivity index (χ2n) is 4.49. The third kappa shape index (κ3) is 1.23. The maximum atomic E-state index is 2.30. The molecule has 1 aliphatic carbocycles. The lowest BCUT2D eigenvalue weighted by atomic mass is 9.78. The molecule has 3 rings (SSSR count). The molecule has 2 aromatic rings. The van der Waals surface area contributed by atoms with Crippen LogP contribution in [0.3, 0.4) is 0 Å². The molecule has 0 bridgehead atoms. The lowest BCUT2D eigenvalue weighted by Gasteiger charge is -2.24. The third-order valence-corrected chi connectivity index (χ3v) is 3.49. The summed E-state index contributed by atoms with van der Waals surface area (Å²) < 4.78 is 0. The molecule has 0 heteroatoms. The molecule has 0 heterocycles. The SMILES string of the molecule is C[C@@]1(c2ccccc2)C=Cc2ccccc21. The van der Waals surface area contributed by atoms with E-state index in [0.29, 0.717) is 0 Å². The summed E-state index contributed by atoms with van der Waals surface area (Å²) in [5, 5.41) is 0. The van der Waals surface area contributed by atoms with Crippen LogP contribution in [0.5, 0.6) is 0 Å². The first-order chi connectivity index (χ1) is 7.81.